The van der Waals surface area contributed by atoms with Crippen molar-refractivity contribution >= 4 is 5.91 Å². The van der Waals surface area contributed by atoms with Crippen LogP contribution in [0.4, 0.5) is 0 Å². The van der Waals surface area contributed by atoms with Crippen LogP contribution in [-0.2, 0) is 0 Å². The zero-order valence-electron chi connectivity index (χ0n) is 12.9. The Morgan fingerprint density at radius 1 is 1.13 bits per heavy atom. The topological polar surface area (TPSA) is 64.4 Å². The maximum atomic E-state index is 12.0. The van der Waals surface area contributed by atoms with Gasteiger partial charge in [-0.05, 0) is 30.3 Å². The minimum Gasteiger partial charge on any atom is -0.497 e. The van der Waals surface area contributed by atoms with Crippen LogP contribution < -0.4 is 10.1 Å². The van der Waals surface area contributed by atoms with Gasteiger partial charge in [-0.2, -0.15) is 0 Å². The van der Waals surface area contributed by atoms with Gasteiger partial charge in [0.15, 0.2) is 5.76 Å². The summed E-state index contributed by atoms with van der Waals surface area (Å²) in [6.07, 6.45) is 0. The van der Waals surface area contributed by atoms with Gasteiger partial charge in [0, 0.05) is 29.8 Å². The average molecular weight is 308 g/mol. The van der Waals surface area contributed by atoms with Gasteiger partial charge in [0.1, 0.15) is 11.4 Å². The molecule has 0 unspecified atom stereocenters. The van der Waals surface area contributed by atoms with E-state index >= 15 is 0 Å². The third-order valence-electron chi connectivity index (χ3n) is 3.56. The summed E-state index contributed by atoms with van der Waals surface area (Å²) in [6.45, 7) is 0. The third kappa shape index (κ3) is 2.94. The van der Waals surface area contributed by atoms with Crippen molar-refractivity contribution in [2.24, 2.45) is 0 Å². The monoisotopic (exact) mass is 308 g/mol. The predicted molar refractivity (Wildman–Crippen MR) is 87.3 cm³/mol. The summed E-state index contributed by atoms with van der Waals surface area (Å²) >= 11 is 0. The predicted octanol–water partition coefficient (Wildman–Crippen LogP) is 3.38. The number of hydrogen-bond donors (Lipinski definition) is 1. The molecule has 0 fully saturated rings. The molecule has 1 aromatic heterocycles. The second-order valence-corrected chi connectivity index (χ2v) is 4.93. The molecular weight excluding hydrogens is 292 g/mol. The normalized spacial score (nSPS) is 10.3. The number of benzene rings is 2. The molecule has 0 saturated carbocycles. The van der Waals surface area contributed by atoms with E-state index in [2.05, 4.69) is 10.5 Å². The van der Waals surface area contributed by atoms with Gasteiger partial charge in [-0.3, -0.25) is 4.79 Å². The first kappa shape index (κ1) is 14.8. The van der Waals surface area contributed by atoms with Gasteiger partial charge in [0.2, 0.25) is 0 Å². The number of nitrogens with zero attached hydrogens (tertiary/aromatic N) is 1. The minimum absolute atomic E-state index is 0.158. The number of methoxy groups -OCH3 is 1. The molecule has 5 heteroatoms. The lowest BCUT2D eigenvalue weighted by atomic mass is 10.0. The van der Waals surface area contributed by atoms with Crippen LogP contribution >= 0.6 is 0 Å². The molecule has 3 rings (SSSR count). The Morgan fingerprint density at radius 3 is 2.57 bits per heavy atom. The quantitative estimate of drug-likeness (QED) is 0.802. The Kier molecular flexibility index (Phi) is 4.10. The van der Waals surface area contributed by atoms with Gasteiger partial charge in [-0.15, -0.1) is 0 Å². The lowest BCUT2D eigenvalue weighted by Crippen LogP contribution is -2.18. The van der Waals surface area contributed by atoms with Crippen molar-refractivity contribution in [3.63, 3.8) is 0 Å². The van der Waals surface area contributed by atoms with Crippen LogP contribution in [0.25, 0.3) is 22.6 Å². The van der Waals surface area contributed by atoms with Crippen molar-refractivity contribution < 1.29 is 14.1 Å². The molecule has 23 heavy (non-hydrogen) atoms. The van der Waals surface area contributed by atoms with Crippen molar-refractivity contribution in [3.05, 3.63) is 60.2 Å². The highest BCUT2D eigenvalue weighted by molar-refractivity contribution is 6.00. The third-order valence-corrected chi connectivity index (χ3v) is 3.56. The van der Waals surface area contributed by atoms with E-state index in [-0.39, 0.29) is 5.91 Å². The Labute approximate surface area is 133 Å². The van der Waals surface area contributed by atoms with Gasteiger partial charge in [-0.1, -0.05) is 23.4 Å². The van der Waals surface area contributed by atoms with Crippen molar-refractivity contribution in [3.8, 4) is 28.3 Å². The molecule has 0 aliphatic carbocycles. The van der Waals surface area contributed by atoms with Crippen molar-refractivity contribution in [2.45, 2.75) is 0 Å². The molecule has 0 spiro atoms. The molecule has 1 amide bonds. The molecule has 0 saturated heterocycles. The number of aromatic nitrogens is 1. The lowest BCUT2D eigenvalue weighted by molar-refractivity contribution is 0.0963. The Bertz CT molecular complexity index is 822. The van der Waals surface area contributed by atoms with Crippen LogP contribution in [0, 0.1) is 0 Å². The molecular formula is C18H16N2O3. The highest BCUT2D eigenvalue weighted by atomic mass is 16.5. The van der Waals surface area contributed by atoms with Gasteiger partial charge < -0.3 is 14.6 Å². The fourth-order valence-electron chi connectivity index (χ4n) is 2.33. The van der Waals surface area contributed by atoms with Crippen LogP contribution in [0.15, 0.2) is 59.1 Å². The number of carbonyl (C=O) groups is 1. The van der Waals surface area contributed by atoms with Crippen molar-refractivity contribution in [2.75, 3.05) is 14.2 Å². The Balaban J connectivity index is 1.97. The lowest BCUT2D eigenvalue weighted by Gasteiger charge is -2.04. The molecule has 0 bridgehead atoms. The standard InChI is InChI=1S/C18H16N2O3/c1-19-18(21)15-6-4-3-5-14(15)16-11-17(23-20-16)12-7-9-13(22-2)10-8-12/h3-11H,1-2H3,(H,19,21). The molecule has 2 aromatic carbocycles. The van der Waals surface area contributed by atoms with Crippen LogP contribution in [0.3, 0.4) is 0 Å². The molecule has 1 heterocycles. The van der Waals surface area contributed by atoms with Gasteiger partial charge in [0.05, 0.1) is 7.11 Å². The van der Waals surface area contributed by atoms with Gasteiger partial charge in [0.25, 0.3) is 5.91 Å². The highest BCUT2D eigenvalue weighted by Crippen LogP contribution is 2.29. The SMILES string of the molecule is CNC(=O)c1ccccc1-c1cc(-c2ccc(OC)cc2)on1. The number of carbonyl (C=O) groups excluding carboxylic acids is 1. The van der Waals surface area contributed by atoms with E-state index in [1.165, 1.54) is 0 Å². The molecule has 0 aliphatic heterocycles. The zero-order valence-corrected chi connectivity index (χ0v) is 12.9. The van der Waals surface area contributed by atoms with E-state index < -0.39 is 0 Å². The molecule has 0 radical (unpaired) electrons. The smallest absolute Gasteiger partial charge is 0.251 e. The van der Waals surface area contributed by atoms with E-state index in [0.29, 0.717) is 17.0 Å². The average Bonchev–Trinajstić information content (AvgIpc) is 3.11. The van der Waals surface area contributed by atoms with Crippen LogP contribution in [-0.4, -0.2) is 25.2 Å². The molecule has 0 atom stereocenters. The van der Waals surface area contributed by atoms with E-state index in [9.17, 15) is 4.79 Å². The summed E-state index contributed by atoms with van der Waals surface area (Å²) in [5.74, 6) is 1.25. The molecule has 0 aliphatic rings. The number of nitrogens with one attached hydrogen (secondary N) is 1. The van der Waals surface area contributed by atoms with E-state index in [4.69, 9.17) is 9.26 Å². The summed E-state index contributed by atoms with van der Waals surface area (Å²) in [4.78, 5) is 12.0. The fourth-order valence-corrected chi connectivity index (χ4v) is 2.33. The first-order valence-electron chi connectivity index (χ1n) is 7.15. The summed E-state index contributed by atoms with van der Waals surface area (Å²) in [5, 5.41) is 6.73. The van der Waals surface area contributed by atoms with E-state index in [1.54, 1.807) is 20.2 Å². The van der Waals surface area contributed by atoms with Crippen LogP contribution in [0.2, 0.25) is 0 Å². The van der Waals surface area contributed by atoms with Crippen molar-refractivity contribution in [1.82, 2.24) is 10.5 Å². The highest BCUT2D eigenvalue weighted by Gasteiger charge is 2.15. The molecule has 5 nitrogen and oxygen atoms in total. The number of amides is 1. The van der Waals surface area contributed by atoms with Crippen LogP contribution in [0.1, 0.15) is 10.4 Å². The Hall–Kier alpha value is -3.08. The van der Waals surface area contributed by atoms with Crippen LogP contribution in [0.5, 0.6) is 5.75 Å². The van der Waals surface area contributed by atoms with E-state index in [1.807, 2.05) is 48.5 Å². The van der Waals surface area contributed by atoms with E-state index in [0.717, 1.165) is 16.9 Å². The summed E-state index contributed by atoms with van der Waals surface area (Å²) in [5.41, 5.74) is 2.80. The Morgan fingerprint density at radius 2 is 1.87 bits per heavy atom. The zero-order chi connectivity index (χ0) is 16.2. The summed E-state index contributed by atoms with van der Waals surface area (Å²) in [6, 6.07) is 16.6. The molecule has 3 aromatic rings. The van der Waals surface area contributed by atoms with Gasteiger partial charge >= 0.3 is 0 Å². The number of hydrogen-bond acceptors (Lipinski definition) is 4. The summed E-state index contributed by atoms with van der Waals surface area (Å²) < 4.78 is 10.6. The maximum absolute atomic E-state index is 12.0. The largest absolute Gasteiger partial charge is 0.497 e. The molecule has 116 valence electrons. The number of ether oxygens (including phenoxy) is 1. The first-order valence-corrected chi connectivity index (χ1v) is 7.15. The second kappa shape index (κ2) is 6.36. The van der Waals surface area contributed by atoms with Crippen molar-refractivity contribution in [1.29, 1.82) is 0 Å². The first-order chi connectivity index (χ1) is 11.2. The van der Waals surface area contributed by atoms with Gasteiger partial charge in [-0.25, -0.2) is 0 Å². The number of rotatable bonds is 4. The maximum Gasteiger partial charge on any atom is 0.251 e. The fraction of sp³-hybridized carbons (Fsp3) is 0.111. The minimum atomic E-state index is -0.158. The summed E-state index contributed by atoms with van der Waals surface area (Å²) in [7, 11) is 3.22. The molecule has 1 N–H and O–H groups in total. The second-order valence-electron chi connectivity index (χ2n) is 4.93.